The van der Waals surface area contributed by atoms with Gasteiger partial charge in [0.15, 0.2) is 11.5 Å². The van der Waals surface area contributed by atoms with Gasteiger partial charge in [-0.2, -0.15) is 5.26 Å². The number of ether oxygens (including phenoxy) is 2. The predicted octanol–water partition coefficient (Wildman–Crippen LogP) is 4.12. The van der Waals surface area contributed by atoms with Crippen LogP contribution in [0.5, 0.6) is 11.5 Å². The summed E-state index contributed by atoms with van der Waals surface area (Å²) in [6.45, 7) is 0. The number of nitriles is 1. The molecule has 5 nitrogen and oxygen atoms in total. The van der Waals surface area contributed by atoms with Crippen LogP contribution in [0.15, 0.2) is 18.2 Å². The van der Waals surface area contributed by atoms with Crippen LogP contribution in [0.25, 0.3) is 0 Å². The largest absolute Gasteiger partial charge is 0.493 e. The summed E-state index contributed by atoms with van der Waals surface area (Å²) in [5.41, 5.74) is 1.11. The molecule has 5 heteroatoms. The fourth-order valence-corrected chi connectivity index (χ4v) is 4.14. The summed E-state index contributed by atoms with van der Waals surface area (Å²) in [6, 6.07) is 8.15. The molecule has 0 heterocycles. The minimum absolute atomic E-state index is 0.192. The molecule has 2 aliphatic carbocycles. The van der Waals surface area contributed by atoms with E-state index in [2.05, 4.69) is 6.07 Å². The molecular weight excluding hydrogens is 318 g/mol. The van der Waals surface area contributed by atoms with Crippen molar-refractivity contribution in [3.8, 4) is 17.6 Å². The van der Waals surface area contributed by atoms with Crippen LogP contribution in [0.1, 0.15) is 56.4 Å². The summed E-state index contributed by atoms with van der Waals surface area (Å²) in [7, 11) is 1.64. The molecule has 2 saturated carbocycles. The maximum absolute atomic E-state index is 11.3. The van der Waals surface area contributed by atoms with E-state index in [0.717, 1.165) is 36.3 Å². The molecule has 1 aromatic rings. The van der Waals surface area contributed by atoms with E-state index in [0.29, 0.717) is 12.8 Å². The van der Waals surface area contributed by atoms with Gasteiger partial charge < -0.3 is 14.6 Å². The van der Waals surface area contributed by atoms with Crippen LogP contribution < -0.4 is 9.47 Å². The molecule has 0 aliphatic heterocycles. The lowest BCUT2D eigenvalue weighted by atomic mass is 9.72. The topological polar surface area (TPSA) is 79.5 Å². The zero-order valence-electron chi connectivity index (χ0n) is 14.6. The van der Waals surface area contributed by atoms with Crippen molar-refractivity contribution in [2.24, 2.45) is 11.8 Å². The Morgan fingerprint density at radius 2 is 1.96 bits per heavy atom. The van der Waals surface area contributed by atoms with E-state index in [1.54, 1.807) is 7.11 Å². The van der Waals surface area contributed by atoms with Crippen molar-refractivity contribution in [2.45, 2.75) is 57.0 Å². The first-order chi connectivity index (χ1) is 12.1. The molecule has 0 bridgehead atoms. The first-order valence-corrected chi connectivity index (χ1v) is 9.09. The third kappa shape index (κ3) is 3.89. The Hall–Kier alpha value is -2.22. The molecule has 1 aromatic carbocycles. The summed E-state index contributed by atoms with van der Waals surface area (Å²) in [4.78, 5) is 11.3. The molecule has 25 heavy (non-hydrogen) atoms. The van der Waals surface area contributed by atoms with Crippen LogP contribution in [0.4, 0.5) is 0 Å². The maximum atomic E-state index is 11.3. The molecular formula is C20H25NO4. The van der Waals surface area contributed by atoms with Crippen molar-refractivity contribution in [1.29, 1.82) is 5.26 Å². The van der Waals surface area contributed by atoms with Gasteiger partial charge in [-0.15, -0.1) is 0 Å². The lowest BCUT2D eigenvalue weighted by Gasteiger charge is -2.30. The molecule has 3 rings (SSSR count). The number of hydrogen-bond acceptors (Lipinski definition) is 4. The quantitative estimate of drug-likeness (QED) is 0.870. The smallest absolute Gasteiger partial charge is 0.307 e. The zero-order chi connectivity index (χ0) is 17.8. The fourth-order valence-electron chi connectivity index (χ4n) is 4.14. The standard InChI is InChI=1S/C20H25NO4/c1-24-18-9-7-14(11-19(18)25-16-4-2-3-5-16)13-6-8-17(20(22)23)15(10-13)12-21/h7,9,11,13,15-17H,2-6,8,10H2,1H3,(H,22,23). The Balaban J connectivity index is 1.78. The van der Waals surface area contributed by atoms with Gasteiger partial charge in [-0.05, 0) is 68.6 Å². The Morgan fingerprint density at radius 1 is 1.20 bits per heavy atom. The summed E-state index contributed by atoms with van der Waals surface area (Å²) >= 11 is 0. The third-order valence-electron chi connectivity index (χ3n) is 5.59. The highest BCUT2D eigenvalue weighted by Gasteiger charge is 2.36. The lowest BCUT2D eigenvalue weighted by molar-refractivity contribution is -0.144. The maximum Gasteiger partial charge on any atom is 0.307 e. The number of methoxy groups -OCH3 is 1. The summed E-state index contributed by atoms with van der Waals surface area (Å²) < 4.78 is 11.6. The van der Waals surface area contributed by atoms with E-state index in [1.807, 2.05) is 18.2 Å². The van der Waals surface area contributed by atoms with Gasteiger partial charge in [0.1, 0.15) is 0 Å². The number of benzene rings is 1. The van der Waals surface area contributed by atoms with Gasteiger partial charge in [0.05, 0.1) is 31.1 Å². The first-order valence-electron chi connectivity index (χ1n) is 9.09. The van der Waals surface area contributed by atoms with E-state index in [4.69, 9.17) is 9.47 Å². The van der Waals surface area contributed by atoms with Crippen LogP contribution in [0.2, 0.25) is 0 Å². The number of aliphatic carboxylic acids is 1. The first kappa shape index (κ1) is 17.6. The molecule has 0 aromatic heterocycles. The lowest BCUT2D eigenvalue weighted by Crippen LogP contribution is -2.29. The van der Waals surface area contributed by atoms with Gasteiger partial charge >= 0.3 is 5.97 Å². The molecule has 0 spiro atoms. The molecule has 0 amide bonds. The van der Waals surface area contributed by atoms with Crippen LogP contribution in [-0.4, -0.2) is 24.3 Å². The zero-order valence-corrected chi connectivity index (χ0v) is 14.6. The molecule has 1 N–H and O–H groups in total. The average Bonchev–Trinajstić information content (AvgIpc) is 3.14. The molecule has 134 valence electrons. The number of carboxylic acids is 1. The fraction of sp³-hybridized carbons (Fsp3) is 0.600. The molecule has 2 fully saturated rings. The van der Waals surface area contributed by atoms with Gasteiger partial charge in [0, 0.05) is 0 Å². The summed E-state index contributed by atoms with van der Waals surface area (Å²) in [5.74, 6) is -0.152. The molecule has 2 aliphatic rings. The van der Waals surface area contributed by atoms with Crippen LogP contribution >= 0.6 is 0 Å². The van der Waals surface area contributed by atoms with E-state index in [1.165, 1.54) is 12.8 Å². The molecule has 3 unspecified atom stereocenters. The summed E-state index contributed by atoms with van der Waals surface area (Å²) in [6.07, 6.45) is 6.72. The Kier molecular flexibility index (Phi) is 5.47. The Bertz CT molecular complexity index is 660. The highest BCUT2D eigenvalue weighted by Crippen LogP contribution is 2.42. The van der Waals surface area contributed by atoms with Gasteiger partial charge in [0.25, 0.3) is 0 Å². The average molecular weight is 343 g/mol. The van der Waals surface area contributed by atoms with E-state index in [-0.39, 0.29) is 12.0 Å². The highest BCUT2D eigenvalue weighted by atomic mass is 16.5. The van der Waals surface area contributed by atoms with Crippen LogP contribution in [0.3, 0.4) is 0 Å². The number of rotatable bonds is 5. The molecule has 0 saturated heterocycles. The second-order valence-corrected chi connectivity index (χ2v) is 7.12. The third-order valence-corrected chi connectivity index (χ3v) is 5.59. The molecule has 3 atom stereocenters. The van der Waals surface area contributed by atoms with E-state index >= 15 is 0 Å². The number of nitrogens with zero attached hydrogens (tertiary/aromatic N) is 1. The highest BCUT2D eigenvalue weighted by molar-refractivity contribution is 5.71. The SMILES string of the molecule is COc1ccc(C2CCC(C(=O)O)C(C#N)C2)cc1OC1CCCC1. The Morgan fingerprint density at radius 3 is 2.60 bits per heavy atom. The van der Waals surface area contributed by atoms with Crippen LogP contribution in [-0.2, 0) is 4.79 Å². The predicted molar refractivity (Wildman–Crippen MR) is 92.7 cm³/mol. The van der Waals surface area contributed by atoms with Crippen molar-refractivity contribution >= 4 is 5.97 Å². The Labute approximate surface area is 148 Å². The normalized spacial score (nSPS) is 26.8. The van der Waals surface area contributed by atoms with Gasteiger partial charge in [-0.3, -0.25) is 4.79 Å². The van der Waals surface area contributed by atoms with Crippen molar-refractivity contribution in [3.63, 3.8) is 0 Å². The summed E-state index contributed by atoms with van der Waals surface area (Å²) in [5, 5.41) is 18.6. The van der Waals surface area contributed by atoms with Crippen molar-refractivity contribution in [3.05, 3.63) is 23.8 Å². The second-order valence-electron chi connectivity index (χ2n) is 7.12. The van der Waals surface area contributed by atoms with E-state index < -0.39 is 17.8 Å². The van der Waals surface area contributed by atoms with Gasteiger partial charge in [-0.25, -0.2) is 0 Å². The van der Waals surface area contributed by atoms with Crippen LogP contribution in [0, 0.1) is 23.2 Å². The number of carbonyl (C=O) groups is 1. The number of carboxylic acid groups (broad SMARTS) is 1. The van der Waals surface area contributed by atoms with Crippen molar-refractivity contribution in [2.75, 3.05) is 7.11 Å². The van der Waals surface area contributed by atoms with Crippen molar-refractivity contribution in [1.82, 2.24) is 0 Å². The number of hydrogen-bond donors (Lipinski definition) is 1. The minimum atomic E-state index is -0.856. The van der Waals surface area contributed by atoms with E-state index in [9.17, 15) is 15.2 Å². The monoisotopic (exact) mass is 343 g/mol. The molecule has 0 radical (unpaired) electrons. The van der Waals surface area contributed by atoms with Gasteiger partial charge in [-0.1, -0.05) is 6.07 Å². The second kappa shape index (κ2) is 7.77. The van der Waals surface area contributed by atoms with Crippen molar-refractivity contribution < 1.29 is 19.4 Å². The minimum Gasteiger partial charge on any atom is -0.493 e. The van der Waals surface area contributed by atoms with Gasteiger partial charge in [0.2, 0.25) is 0 Å².